The molecule has 18 heavy (non-hydrogen) atoms. The third-order valence-electron chi connectivity index (χ3n) is 5.83. The van der Waals surface area contributed by atoms with E-state index in [0.29, 0.717) is 5.41 Å². The van der Waals surface area contributed by atoms with Crippen molar-refractivity contribution in [3.63, 3.8) is 0 Å². The highest BCUT2D eigenvalue weighted by Crippen LogP contribution is 2.37. The van der Waals surface area contributed by atoms with E-state index in [1.807, 2.05) is 0 Å². The Kier molecular flexibility index (Phi) is 5.08. The summed E-state index contributed by atoms with van der Waals surface area (Å²) in [5.41, 5.74) is 6.46. The highest BCUT2D eigenvalue weighted by molar-refractivity contribution is 4.91. The predicted molar refractivity (Wildman–Crippen MR) is 78.6 cm³/mol. The van der Waals surface area contributed by atoms with Crippen LogP contribution in [0, 0.1) is 11.3 Å². The molecule has 0 radical (unpaired) electrons. The fourth-order valence-corrected chi connectivity index (χ4v) is 4.18. The Morgan fingerprint density at radius 3 is 2.39 bits per heavy atom. The molecule has 1 saturated carbocycles. The van der Waals surface area contributed by atoms with E-state index in [1.165, 1.54) is 64.5 Å². The molecule has 2 fully saturated rings. The number of nitrogens with zero attached hydrogens (tertiary/aromatic N) is 1. The molecule has 2 nitrogen and oxygen atoms in total. The van der Waals surface area contributed by atoms with Crippen LogP contribution in [0.4, 0.5) is 0 Å². The summed E-state index contributed by atoms with van der Waals surface area (Å²) >= 11 is 0. The number of fused-ring (bicyclic) bond motifs is 1. The molecule has 0 spiro atoms. The summed E-state index contributed by atoms with van der Waals surface area (Å²) in [6.45, 7) is 8.06. The van der Waals surface area contributed by atoms with Gasteiger partial charge in [-0.1, -0.05) is 26.7 Å². The van der Waals surface area contributed by atoms with E-state index in [1.54, 1.807) is 0 Å². The first kappa shape index (κ1) is 14.3. The zero-order chi connectivity index (χ0) is 13.0. The minimum absolute atomic E-state index is 0.374. The minimum Gasteiger partial charge on any atom is -0.330 e. The van der Waals surface area contributed by atoms with Crippen LogP contribution in [-0.2, 0) is 0 Å². The van der Waals surface area contributed by atoms with E-state index < -0.39 is 0 Å². The molecule has 0 bridgehead atoms. The van der Waals surface area contributed by atoms with E-state index in [2.05, 4.69) is 18.7 Å². The van der Waals surface area contributed by atoms with Gasteiger partial charge in [0.15, 0.2) is 0 Å². The number of rotatable bonds is 5. The van der Waals surface area contributed by atoms with Crippen molar-refractivity contribution in [1.82, 2.24) is 4.90 Å². The summed E-state index contributed by atoms with van der Waals surface area (Å²) in [6, 6.07) is 0.886. The van der Waals surface area contributed by atoms with Crippen LogP contribution in [0.3, 0.4) is 0 Å². The number of hydrogen-bond acceptors (Lipinski definition) is 2. The van der Waals surface area contributed by atoms with Crippen molar-refractivity contribution in [1.29, 1.82) is 0 Å². The van der Waals surface area contributed by atoms with Crippen LogP contribution >= 0.6 is 0 Å². The monoisotopic (exact) mass is 252 g/mol. The fraction of sp³-hybridized carbons (Fsp3) is 1.00. The number of nitrogens with two attached hydrogens (primary N) is 1. The van der Waals surface area contributed by atoms with E-state index in [4.69, 9.17) is 5.73 Å². The maximum Gasteiger partial charge on any atom is 0.0124 e. The maximum atomic E-state index is 6.09. The van der Waals surface area contributed by atoms with Crippen molar-refractivity contribution in [3.05, 3.63) is 0 Å². The molecule has 1 aliphatic heterocycles. The third-order valence-corrected chi connectivity index (χ3v) is 5.83. The second-order valence-corrected chi connectivity index (χ2v) is 6.64. The van der Waals surface area contributed by atoms with Crippen molar-refractivity contribution in [2.24, 2.45) is 17.1 Å². The van der Waals surface area contributed by atoms with Gasteiger partial charge in [-0.2, -0.15) is 0 Å². The lowest BCUT2D eigenvalue weighted by atomic mass is 9.75. The van der Waals surface area contributed by atoms with Crippen LogP contribution < -0.4 is 5.73 Å². The van der Waals surface area contributed by atoms with Crippen LogP contribution in [0.15, 0.2) is 0 Å². The molecule has 0 aromatic heterocycles. The Morgan fingerprint density at radius 2 is 1.72 bits per heavy atom. The highest BCUT2D eigenvalue weighted by Gasteiger charge is 2.37. The van der Waals surface area contributed by atoms with Gasteiger partial charge in [-0.05, 0) is 62.9 Å². The molecular weight excluding hydrogens is 220 g/mol. The van der Waals surface area contributed by atoms with Crippen molar-refractivity contribution in [3.8, 4) is 0 Å². The number of piperidine rings is 1. The molecule has 2 N–H and O–H groups in total. The van der Waals surface area contributed by atoms with E-state index >= 15 is 0 Å². The van der Waals surface area contributed by atoms with Gasteiger partial charge in [-0.3, -0.25) is 4.90 Å². The number of likely N-dealkylation sites (tertiary alicyclic amines) is 1. The Bertz CT molecular complexity index is 237. The summed E-state index contributed by atoms with van der Waals surface area (Å²) in [5.74, 6) is 0.997. The van der Waals surface area contributed by atoms with E-state index in [0.717, 1.165) is 18.5 Å². The first-order valence-corrected chi connectivity index (χ1v) is 8.19. The normalized spacial score (nSPS) is 30.2. The van der Waals surface area contributed by atoms with Gasteiger partial charge in [-0.15, -0.1) is 0 Å². The van der Waals surface area contributed by atoms with Crippen molar-refractivity contribution in [2.45, 2.75) is 71.3 Å². The topological polar surface area (TPSA) is 29.3 Å². The van der Waals surface area contributed by atoms with E-state index in [-0.39, 0.29) is 0 Å². The smallest absolute Gasteiger partial charge is 0.0124 e. The molecular formula is C16H32N2. The Hall–Kier alpha value is -0.0800. The maximum absolute atomic E-state index is 6.09. The quantitative estimate of drug-likeness (QED) is 0.812. The fourth-order valence-electron chi connectivity index (χ4n) is 4.18. The first-order chi connectivity index (χ1) is 8.74. The molecule has 0 aromatic rings. The largest absolute Gasteiger partial charge is 0.330 e. The van der Waals surface area contributed by atoms with E-state index in [9.17, 15) is 0 Å². The molecule has 0 aromatic carbocycles. The summed E-state index contributed by atoms with van der Waals surface area (Å²) in [7, 11) is 0. The summed E-state index contributed by atoms with van der Waals surface area (Å²) in [4.78, 5) is 2.81. The molecule has 106 valence electrons. The lowest BCUT2D eigenvalue weighted by Gasteiger charge is -2.48. The SMILES string of the molecule is CCC(CC)(CN)CN1CCC[C@H]2CCCC[C@H]21. The first-order valence-electron chi connectivity index (χ1n) is 8.19. The molecule has 2 rings (SSSR count). The molecule has 2 atom stereocenters. The molecule has 2 aliphatic rings. The second kappa shape index (κ2) is 6.38. The zero-order valence-electron chi connectivity index (χ0n) is 12.5. The molecule has 0 unspecified atom stereocenters. The van der Waals surface area contributed by atoms with Crippen molar-refractivity contribution < 1.29 is 0 Å². The van der Waals surface area contributed by atoms with Crippen LogP contribution in [0.1, 0.15) is 65.2 Å². The Labute approximate surface area is 113 Å². The minimum atomic E-state index is 0.374. The van der Waals surface area contributed by atoms with Crippen LogP contribution in [0.2, 0.25) is 0 Å². The Morgan fingerprint density at radius 1 is 1.06 bits per heavy atom. The van der Waals surface area contributed by atoms with Crippen LogP contribution in [-0.4, -0.2) is 30.6 Å². The summed E-state index contributed by atoms with van der Waals surface area (Å²) in [6.07, 6.45) is 11.2. The lowest BCUT2D eigenvalue weighted by Crippen LogP contribution is -2.52. The second-order valence-electron chi connectivity index (χ2n) is 6.64. The van der Waals surface area contributed by atoms with Gasteiger partial charge in [0.2, 0.25) is 0 Å². The van der Waals surface area contributed by atoms with Gasteiger partial charge in [0.05, 0.1) is 0 Å². The van der Waals surface area contributed by atoms with Gasteiger partial charge < -0.3 is 5.73 Å². The van der Waals surface area contributed by atoms with Gasteiger partial charge in [0, 0.05) is 12.6 Å². The third kappa shape index (κ3) is 2.91. The zero-order valence-corrected chi connectivity index (χ0v) is 12.5. The van der Waals surface area contributed by atoms with Gasteiger partial charge in [0.1, 0.15) is 0 Å². The molecule has 0 amide bonds. The average Bonchev–Trinajstić information content (AvgIpc) is 2.45. The highest BCUT2D eigenvalue weighted by atomic mass is 15.2. The lowest BCUT2D eigenvalue weighted by molar-refractivity contribution is 0.0226. The molecule has 1 aliphatic carbocycles. The predicted octanol–water partition coefficient (Wildman–Crippen LogP) is 3.41. The van der Waals surface area contributed by atoms with Crippen molar-refractivity contribution in [2.75, 3.05) is 19.6 Å². The molecule has 2 heteroatoms. The Balaban J connectivity index is 2.02. The van der Waals surface area contributed by atoms with Gasteiger partial charge >= 0.3 is 0 Å². The number of hydrogen-bond donors (Lipinski definition) is 1. The average molecular weight is 252 g/mol. The van der Waals surface area contributed by atoms with Crippen LogP contribution in [0.5, 0.6) is 0 Å². The summed E-state index contributed by atoms with van der Waals surface area (Å²) < 4.78 is 0. The van der Waals surface area contributed by atoms with Crippen molar-refractivity contribution >= 4 is 0 Å². The van der Waals surface area contributed by atoms with Crippen LogP contribution in [0.25, 0.3) is 0 Å². The molecule has 1 saturated heterocycles. The summed E-state index contributed by atoms with van der Waals surface area (Å²) in [5, 5.41) is 0. The standard InChI is InChI=1S/C16H32N2/c1-3-16(4-2,12-17)13-18-11-7-9-14-8-5-6-10-15(14)18/h14-15H,3-13,17H2,1-2H3/t14-,15-/m1/s1. The van der Waals surface area contributed by atoms with Gasteiger partial charge in [0.25, 0.3) is 0 Å². The molecule has 1 heterocycles. The van der Waals surface area contributed by atoms with Gasteiger partial charge in [-0.25, -0.2) is 0 Å².